The smallest absolute Gasteiger partial charge is 0.0540 e. The highest BCUT2D eigenvalue weighted by atomic mass is 15.3. The van der Waals surface area contributed by atoms with Crippen molar-refractivity contribution < 1.29 is 0 Å². The summed E-state index contributed by atoms with van der Waals surface area (Å²) < 4.78 is 1.94. The number of nitrogens with zero attached hydrogens (tertiary/aromatic N) is 2. The highest BCUT2D eigenvalue weighted by Gasteiger charge is 2.16. The van der Waals surface area contributed by atoms with Gasteiger partial charge in [-0.1, -0.05) is 0 Å². The fourth-order valence-electron chi connectivity index (χ4n) is 2.48. The first-order chi connectivity index (χ1) is 8.18. The zero-order valence-electron chi connectivity index (χ0n) is 11.2. The van der Waals surface area contributed by atoms with Crippen LogP contribution in [0.15, 0.2) is 6.20 Å². The zero-order chi connectivity index (χ0) is 12.3. The Morgan fingerprint density at radius 3 is 2.82 bits per heavy atom. The quantitative estimate of drug-likeness (QED) is 0.830. The van der Waals surface area contributed by atoms with E-state index >= 15 is 0 Å². The van der Waals surface area contributed by atoms with Crippen LogP contribution in [0.5, 0.6) is 0 Å². The molecule has 0 aliphatic carbocycles. The molecule has 17 heavy (non-hydrogen) atoms. The van der Waals surface area contributed by atoms with Crippen molar-refractivity contribution in [2.24, 2.45) is 13.0 Å². The van der Waals surface area contributed by atoms with Crippen molar-refractivity contribution in [1.82, 2.24) is 20.4 Å². The Kier molecular flexibility index (Phi) is 4.18. The van der Waals surface area contributed by atoms with Crippen LogP contribution in [0.3, 0.4) is 0 Å². The molecule has 2 N–H and O–H groups in total. The van der Waals surface area contributed by atoms with E-state index in [0.29, 0.717) is 6.04 Å². The summed E-state index contributed by atoms with van der Waals surface area (Å²) in [5.41, 5.74) is 2.58. The van der Waals surface area contributed by atoms with Crippen molar-refractivity contribution in [3.63, 3.8) is 0 Å². The van der Waals surface area contributed by atoms with Crippen molar-refractivity contribution in [2.45, 2.75) is 32.7 Å². The number of nitrogens with one attached hydrogen (secondary N) is 2. The van der Waals surface area contributed by atoms with Gasteiger partial charge in [0.15, 0.2) is 0 Å². The minimum Gasteiger partial charge on any atom is -0.317 e. The van der Waals surface area contributed by atoms with E-state index in [0.717, 1.165) is 12.5 Å². The molecule has 0 spiro atoms. The van der Waals surface area contributed by atoms with Gasteiger partial charge in [0.2, 0.25) is 0 Å². The van der Waals surface area contributed by atoms with Gasteiger partial charge in [-0.05, 0) is 52.2 Å². The summed E-state index contributed by atoms with van der Waals surface area (Å²) in [6, 6.07) is 0.401. The van der Waals surface area contributed by atoms with Gasteiger partial charge in [0.05, 0.1) is 6.20 Å². The van der Waals surface area contributed by atoms with Gasteiger partial charge < -0.3 is 10.6 Å². The molecule has 0 amide bonds. The van der Waals surface area contributed by atoms with Gasteiger partial charge in [-0.3, -0.25) is 4.68 Å². The largest absolute Gasteiger partial charge is 0.317 e. The number of aromatic nitrogens is 2. The van der Waals surface area contributed by atoms with Crippen LogP contribution in [-0.2, 0) is 7.05 Å². The molecule has 1 atom stereocenters. The van der Waals surface area contributed by atoms with Gasteiger partial charge in [-0.15, -0.1) is 0 Å². The Labute approximate surface area is 104 Å². The number of hydrogen-bond donors (Lipinski definition) is 2. The van der Waals surface area contributed by atoms with E-state index in [4.69, 9.17) is 0 Å². The summed E-state index contributed by atoms with van der Waals surface area (Å²) >= 11 is 0. The van der Waals surface area contributed by atoms with Crippen LogP contribution in [0.2, 0.25) is 0 Å². The Bertz CT molecular complexity index is 352. The zero-order valence-corrected chi connectivity index (χ0v) is 11.2. The van der Waals surface area contributed by atoms with E-state index in [2.05, 4.69) is 29.6 Å². The second kappa shape index (κ2) is 5.65. The molecule has 1 aliphatic heterocycles. The average molecular weight is 236 g/mol. The lowest BCUT2D eigenvalue weighted by Crippen LogP contribution is -2.34. The molecular weight excluding hydrogens is 212 g/mol. The van der Waals surface area contributed by atoms with Crippen LogP contribution in [-0.4, -0.2) is 29.4 Å². The van der Waals surface area contributed by atoms with Crippen molar-refractivity contribution in [2.75, 3.05) is 19.6 Å². The monoisotopic (exact) mass is 236 g/mol. The second-order valence-electron chi connectivity index (χ2n) is 5.13. The lowest BCUT2D eigenvalue weighted by atomic mass is 9.97. The minimum atomic E-state index is 0.401. The van der Waals surface area contributed by atoms with E-state index in [1.54, 1.807) is 0 Å². The molecule has 0 bridgehead atoms. The lowest BCUT2D eigenvalue weighted by molar-refractivity contribution is 0.344. The number of piperidine rings is 1. The summed E-state index contributed by atoms with van der Waals surface area (Å²) in [6.45, 7) is 7.83. The van der Waals surface area contributed by atoms with Crippen LogP contribution in [0.4, 0.5) is 0 Å². The SMILES string of the molecule is Cc1c(C(C)NCC2CCNCC2)cnn1C. The Morgan fingerprint density at radius 1 is 1.53 bits per heavy atom. The summed E-state index contributed by atoms with van der Waals surface area (Å²) in [7, 11) is 2.00. The molecule has 2 rings (SSSR count). The van der Waals surface area contributed by atoms with Crippen molar-refractivity contribution in [3.8, 4) is 0 Å². The molecule has 1 aromatic heterocycles. The molecule has 0 aromatic carbocycles. The first-order valence-electron chi connectivity index (χ1n) is 6.61. The van der Waals surface area contributed by atoms with Gasteiger partial charge in [0.25, 0.3) is 0 Å². The molecule has 1 saturated heterocycles. The van der Waals surface area contributed by atoms with E-state index in [-0.39, 0.29) is 0 Å². The number of rotatable bonds is 4. The van der Waals surface area contributed by atoms with Gasteiger partial charge in [-0.25, -0.2) is 0 Å². The molecule has 1 fully saturated rings. The topological polar surface area (TPSA) is 41.9 Å². The summed E-state index contributed by atoms with van der Waals surface area (Å²) in [6.07, 6.45) is 4.58. The third kappa shape index (κ3) is 3.07. The van der Waals surface area contributed by atoms with Crippen LogP contribution in [0.1, 0.15) is 37.1 Å². The van der Waals surface area contributed by atoms with E-state index in [9.17, 15) is 0 Å². The van der Waals surface area contributed by atoms with Crippen LogP contribution < -0.4 is 10.6 Å². The van der Waals surface area contributed by atoms with Crippen LogP contribution in [0.25, 0.3) is 0 Å². The summed E-state index contributed by atoms with van der Waals surface area (Å²) in [4.78, 5) is 0. The molecule has 4 nitrogen and oxygen atoms in total. The maximum absolute atomic E-state index is 4.30. The van der Waals surface area contributed by atoms with Gasteiger partial charge in [-0.2, -0.15) is 5.10 Å². The van der Waals surface area contributed by atoms with Crippen LogP contribution >= 0.6 is 0 Å². The molecule has 2 heterocycles. The maximum atomic E-state index is 4.30. The molecule has 1 aliphatic rings. The standard InChI is InChI=1S/C13H24N4/c1-10(13-9-16-17(3)11(13)2)15-8-12-4-6-14-7-5-12/h9-10,12,14-15H,4-8H2,1-3H3. The predicted molar refractivity (Wildman–Crippen MR) is 70.0 cm³/mol. The van der Waals surface area contributed by atoms with Crippen molar-refractivity contribution in [1.29, 1.82) is 0 Å². The van der Waals surface area contributed by atoms with Crippen LogP contribution in [0, 0.1) is 12.8 Å². The van der Waals surface area contributed by atoms with E-state index < -0.39 is 0 Å². The molecule has 0 radical (unpaired) electrons. The lowest BCUT2D eigenvalue weighted by Gasteiger charge is -2.24. The van der Waals surface area contributed by atoms with Gasteiger partial charge in [0.1, 0.15) is 0 Å². The van der Waals surface area contributed by atoms with E-state index in [1.807, 2.05) is 17.9 Å². The predicted octanol–water partition coefficient (Wildman–Crippen LogP) is 1.38. The molecule has 1 unspecified atom stereocenters. The highest BCUT2D eigenvalue weighted by molar-refractivity contribution is 5.19. The first kappa shape index (κ1) is 12.6. The molecule has 0 saturated carbocycles. The molecule has 1 aromatic rings. The Morgan fingerprint density at radius 2 is 2.24 bits per heavy atom. The first-order valence-corrected chi connectivity index (χ1v) is 6.61. The van der Waals surface area contributed by atoms with Crippen molar-refractivity contribution in [3.05, 3.63) is 17.5 Å². The summed E-state index contributed by atoms with van der Waals surface area (Å²) in [5.74, 6) is 0.829. The van der Waals surface area contributed by atoms with Crippen molar-refractivity contribution >= 4 is 0 Å². The van der Waals surface area contributed by atoms with Gasteiger partial charge >= 0.3 is 0 Å². The molecule has 4 heteroatoms. The minimum absolute atomic E-state index is 0.401. The summed E-state index contributed by atoms with van der Waals surface area (Å²) in [5, 5.41) is 11.3. The third-order valence-electron chi connectivity index (χ3n) is 3.91. The number of aryl methyl sites for hydroxylation is 1. The molecule has 96 valence electrons. The third-order valence-corrected chi connectivity index (χ3v) is 3.91. The Balaban J connectivity index is 1.84. The fraction of sp³-hybridized carbons (Fsp3) is 0.769. The maximum Gasteiger partial charge on any atom is 0.0540 e. The fourth-order valence-corrected chi connectivity index (χ4v) is 2.48. The molecular formula is C13H24N4. The Hall–Kier alpha value is -0.870. The average Bonchev–Trinajstić information content (AvgIpc) is 2.69. The van der Waals surface area contributed by atoms with E-state index in [1.165, 1.54) is 37.2 Å². The number of hydrogen-bond acceptors (Lipinski definition) is 3. The second-order valence-corrected chi connectivity index (χ2v) is 5.13. The highest BCUT2D eigenvalue weighted by Crippen LogP contribution is 2.17. The van der Waals surface area contributed by atoms with Gasteiger partial charge in [0, 0.05) is 24.3 Å². The normalized spacial score (nSPS) is 19.5.